The molecule has 1 aliphatic rings. The molecule has 2 atom stereocenters. The standard InChI is InChI=1S/C23H31NO4/c1-26-22-11-10-19(14-23(22)27-2)15-24(17-21-9-6-12-28-21)16-20(25)13-18-7-4-3-5-8-18/h3-5,7-8,10-11,14,20-21,25H,6,9,12-13,15-17H2,1-2H3/t20-,21-/m1/s1. The maximum Gasteiger partial charge on any atom is 0.161 e. The van der Waals surface area contributed by atoms with Gasteiger partial charge in [0.25, 0.3) is 0 Å². The highest BCUT2D eigenvalue weighted by Crippen LogP contribution is 2.28. The largest absolute Gasteiger partial charge is 0.493 e. The van der Waals surface area contributed by atoms with Crippen LogP contribution in [-0.4, -0.2) is 56.1 Å². The van der Waals surface area contributed by atoms with Gasteiger partial charge in [0.15, 0.2) is 11.5 Å². The monoisotopic (exact) mass is 385 g/mol. The van der Waals surface area contributed by atoms with E-state index in [9.17, 15) is 5.11 Å². The summed E-state index contributed by atoms with van der Waals surface area (Å²) in [6, 6.07) is 16.1. The van der Waals surface area contributed by atoms with Crippen LogP contribution in [0.15, 0.2) is 48.5 Å². The summed E-state index contributed by atoms with van der Waals surface area (Å²) < 4.78 is 16.6. The van der Waals surface area contributed by atoms with Gasteiger partial charge in [0.05, 0.1) is 26.4 Å². The second-order valence-corrected chi connectivity index (χ2v) is 7.36. The van der Waals surface area contributed by atoms with Crippen LogP contribution in [0.3, 0.4) is 0 Å². The van der Waals surface area contributed by atoms with Crippen LogP contribution in [0.2, 0.25) is 0 Å². The number of methoxy groups -OCH3 is 2. The van der Waals surface area contributed by atoms with Gasteiger partial charge in [-0.2, -0.15) is 0 Å². The third-order valence-electron chi connectivity index (χ3n) is 5.12. The Morgan fingerprint density at radius 1 is 1.07 bits per heavy atom. The molecular weight excluding hydrogens is 354 g/mol. The van der Waals surface area contributed by atoms with Crippen molar-refractivity contribution in [3.8, 4) is 11.5 Å². The lowest BCUT2D eigenvalue weighted by Gasteiger charge is -2.28. The van der Waals surface area contributed by atoms with Crippen LogP contribution in [0.5, 0.6) is 11.5 Å². The van der Waals surface area contributed by atoms with Crippen molar-refractivity contribution < 1.29 is 19.3 Å². The van der Waals surface area contributed by atoms with Crippen molar-refractivity contribution in [2.24, 2.45) is 0 Å². The Morgan fingerprint density at radius 3 is 2.54 bits per heavy atom. The van der Waals surface area contributed by atoms with Gasteiger partial charge in [-0.15, -0.1) is 0 Å². The van der Waals surface area contributed by atoms with Gasteiger partial charge in [-0.05, 0) is 42.5 Å². The molecule has 1 saturated heterocycles. The van der Waals surface area contributed by atoms with Crippen molar-refractivity contribution in [1.82, 2.24) is 4.90 Å². The van der Waals surface area contributed by atoms with E-state index in [1.165, 1.54) is 0 Å². The summed E-state index contributed by atoms with van der Waals surface area (Å²) in [5.41, 5.74) is 2.28. The van der Waals surface area contributed by atoms with E-state index in [4.69, 9.17) is 14.2 Å². The highest BCUT2D eigenvalue weighted by atomic mass is 16.5. The summed E-state index contributed by atoms with van der Waals surface area (Å²) in [4.78, 5) is 2.28. The summed E-state index contributed by atoms with van der Waals surface area (Å²) in [7, 11) is 3.29. The quantitative estimate of drug-likeness (QED) is 0.680. The molecule has 0 aliphatic carbocycles. The van der Waals surface area contributed by atoms with Crippen LogP contribution >= 0.6 is 0 Å². The fraction of sp³-hybridized carbons (Fsp3) is 0.478. The van der Waals surface area contributed by atoms with E-state index >= 15 is 0 Å². The Kier molecular flexibility index (Phi) is 7.71. The van der Waals surface area contributed by atoms with Gasteiger partial charge in [-0.1, -0.05) is 36.4 Å². The Labute approximate surface area is 167 Å². The van der Waals surface area contributed by atoms with Crippen molar-refractivity contribution >= 4 is 0 Å². The van der Waals surface area contributed by atoms with Gasteiger partial charge < -0.3 is 19.3 Å². The summed E-state index contributed by atoms with van der Waals surface area (Å²) >= 11 is 0. The topological polar surface area (TPSA) is 51.2 Å². The van der Waals surface area contributed by atoms with Crippen molar-refractivity contribution in [3.63, 3.8) is 0 Å². The minimum atomic E-state index is -0.427. The second kappa shape index (κ2) is 10.5. The molecule has 152 valence electrons. The van der Waals surface area contributed by atoms with Crippen molar-refractivity contribution in [2.75, 3.05) is 33.9 Å². The predicted molar refractivity (Wildman–Crippen MR) is 110 cm³/mol. The van der Waals surface area contributed by atoms with Crippen molar-refractivity contribution in [2.45, 2.75) is 38.0 Å². The second-order valence-electron chi connectivity index (χ2n) is 7.36. The highest BCUT2D eigenvalue weighted by Gasteiger charge is 2.22. The van der Waals surface area contributed by atoms with Crippen LogP contribution in [-0.2, 0) is 17.7 Å². The molecule has 0 spiro atoms. The summed E-state index contributed by atoms with van der Waals surface area (Å²) in [5.74, 6) is 1.45. The maximum absolute atomic E-state index is 10.7. The molecule has 0 unspecified atom stereocenters. The Morgan fingerprint density at radius 2 is 1.86 bits per heavy atom. The number of aliphatic hydroxyl groups is 1. The fourth-order valence-corrected chi connectivity index (χ4v) is 3.77. The molecule has 1 fully saturated rings. The molecule has 28 heavy (non-hydrogen) atoms. The lowest BCUT2D eigenvalue weighted by molar-refractivity contribution is 0.0464. The van der Waals surface area contributed by atoms with E-state index in [0.29, 0.717) is 13.0 Å². The molecule has 1 aliphatic heterocycles. The SMILES string of the molecule is COc1ccc(CN(C[C@H](O)Cc2ccccc2)C[C@H]2CCCO2)cc1OC. The molecular formula is C23H31NO4. The smallest absolute Gasteiger partial charge is 0.161 e. The third-order valence-corrected chi connectivity index (χ3v) is 5.12. The van der Waals surface area contributed by atoms with Gasteiger partial charge in [0.1, 0.15) is 0 Å². The lowest BCUT2D eigenvalue weighted by atomic mass is 10.1. The first kappa shape index (κ1) is 20.6. The minimum Gasteiger partial charge on any atom is -0.493 e. The number of hydrogen-bond donors (Lipinski definition) is 1. The maximum atomic E-state index is 10.7. The van der Waals surface area contributed by atoms with E-state index < -0.39 is 6.10 Å². The number of benzene rings is 2. The van der Waals surface area contributed by atoms with Gasteiger partial charge in [0, 0.05) is 26.2 Å². The van der Waals surface area contributed by atoms with Gasteiger partial charge in [-0.3, -0.25) is 4.90 Å². The fourth-order valence-electron chi connectivity index (χ4n) is 3.77. The van der Waals surface area contributed by atoms with Crippen LogP contribution in [0.4, 0.5) is 0 Å². The molecule has 2 aromatic rings. The molecule has 2 aromatic carbocycles. The third kappa shape index (κ3) is 5.96. The average Bonchev–Trinajstić information content (AvgIpc) is 3.21. The molecule has 0 radical (unpaired) electrons. The highest BCUT2D eigenvalue weighted by molar-refractivity contribution is 5.42. The average molecular weight is 386 g/mol. The molecule has 1 heterocycles. The lowest BCUT2D eigenvalue weighted by Crippen LogP contribution is -2.38. The van der Waals surface area contributed by atoms with E-state index in [2.05, 4.69) is 17.0 Å². The van der Waals surface area contributed by atoms with E-state index in [-0.39, 0.29) is 6.10 Å². The molecule has 5 heteroatoms. The molecule has 3 rings (SSSR count). The number of rotatable bonds is 10. The molecule has 5 nitrogen and oxygen atoms in total. The molecule has 0 aromatic heterocycles. The van der Waals surface area contributed by atoms with Crippen LogP contribution in [0.25, 0.3) is 0 Å². The van der Waals surface area contributed by atoms with E-state index in [1.54, 1.807) is 14.2 Å². The van der Waals surface area contributed by atoms with Crippen LogP contribution in [0.1, 0.15) is 24.0 Å². The normalized spacial score (nSPS) is 17.6. The van der Waals surface area contributed by atoms with Crippen molar-refractivity contribution in [3.05, 3.63) is 59.7 Å². The Hall–Kier alpha value is -2.08. The zero-order valence-corrected chi connectivity index (χ0v) is 16.8. The van der Waals surface area contributed by atoms with Crippen LogP contribution < -0.4 is 9.47 Å². The zero-order chi connectivity index (χ0) is 19.8. The van der Waals surface area contributed by atoms with E-state index in [1.807, 2.05) is 36.4 Å². The summed E-state index contributed by atoms with van der Waals surface area (Å²) in [6.45, 7) is 2.98. The molecule has 0 bridgehead atoms. The minimum absolute atomic E-state index is 0.240. The van der Waals surface area contributed by atoms with Gasteiger partial charge in [-0.25, -0.2) is 0 Å². The van der Waals surface area contributed by atoms with Crippen LogP contribution in [0, 0.1) is 0 Å². The van der Waals surface area contributed by atoms with Crippen molar-refractivity contribution in [1.29, 1.82) is 0 Å². The number of hydrogen-bond acceptors (Lipinski definition) is 5. The zero-order valence-electron chi connectivity index (χ0n) is 16.8. The Balaban J connectivity index is 1.67. The van der Waals surface area contributed by atoms with E-state index in [0.717, 1.165) is 55.2 Å². The first-order valence-electron chi connectivity index (χ1n) is 9.94. The molecule has 1 N–H and O–H groups in total. The Bertz CT molecular complexity index is 716. The summed E-state index contributed by atoms with van der Waals surface area (Å²) in [6.07, 6.45) is 2.65. The van der Waals surface area contributed by atoms with Gasteiger partial charge >= 0.3 is 0 Å². The van der Waals surface area contributed by atoms with Gasteiger partial charge in [0.2, 0.25) is 0 Å². The number of ether oxygens (including phenoxy) is 3. The molecule has 0 saturated carbocycles. The summed E-state index contributed by atoms with van der Waals surface area (Å²) in [5, 5.41) is 10.7. The molecule has 0 amide bonds. The number of aliphatic hydroxyl groups excluding tert-OH is 1. The predicted octanol–water partition coefficient (Wildman–Crippen LogP) is 3.29. The first-order valence-corrected chi connectivity index (χ1v) is 9.94. The number of nitrogens with zero attached hydrogens (tertiary/aromatic N) is 1. The first-order chi connectivity index (χ1) is 13.7.